The maximum absolute atomic E-state index is 5.40. The van der Waals surface area contributed by atoms with Crippen LogP contribution in [0.5, 0.6) is 0 Å². The molecule has 1 aliphatic carbocycles. The van der Waals surface area contributed by atoms with Crippen LogP contribution in [0.2, 0.25) is 0 Å². The van der Waals surface area contributed by atoms with Gasteiger partial charge in [-0.05, 0) is 30.4 Å². The first-order chi connectivity index (χ1) is 11.3. The summed E-state index contributed by atoms with van der Waals surface area (Å²) in [4.78, 5) is 7.04. The molecule has 23 heavy (non-hydrogen) atoms. The van der Waals surface area contributed by atoms with Gasteiger partial charge in [0.15, 0.2) is 5.82 Å². The monoisotopic (exact) mass is 312 g/mol. The highest BCUT2D eigenvalue weighted by Crippen LogP contribution is 2.39. The molecule has 0 amide bonds. The molecule has 122 valence electrons. The first kappa shape index (κ1) is 14.8. The summed E-state index contributed by atoms with van der Waals surface area (Å²) >= 11 is 0. The number of piperazine rings is 1. The number of aromatic nitrogens is 2. The van der Waals surface area contributed by atoms with Crippen LogP contribution in [0.1, 0.15) is 54.6 Å². The Labute approximate surface area is 137 Å². The molecule has 0 radical (unpaired) electrons. The van der Waals surface area contributed by atoms with E-state index >= 15 is 0 Å². The molecule has 1 aromatic carbocycles. The minimum Gasteiger partial charge on any atom is -0.339 e. The third-order valence-electron chi connectivity index (χ3n) is 4.88. The molecule has 5 nitrogen and oxygen atoms in total. The summed E-state index contributed by atoms with van der Waals surface area (Å²) in [6, 6.07) is 9.37. The van der Waals surface area contributed by atoms with Crippen molar-refractivity contribution in [3.63, 3.8) is 0 Å². The second-order valence-corrected chi connectivity index (χ2v) is 6.61. The molecule has 1 atom stereocenters. The molecule has 1 aromatic heterocycles. The Bertz CT molecular complexity index is 647. The van der Waals surface area contributed by atoms with Gasteiger partial charge in [0, 0.05) is 31.6 Å². The minimum atomic E-state index is 0.373. The molecule has 1 saturated carbocycles. The Morgan fingerprint density at radius 2 is 2.09 bits per heavy atom. The molecular weight excluding hydrogens is 288 g/mol. The molecule has 2 fully saturated rings. The minimum absolute atomic E-state index is 0.373. The Kier molecular flexibility index (Phi) is 4.14. The van der Waals surface area contributed by atoms with E-state index in [1.54, 1.807) is 0 Å². The van der Waals surface area contributed by atoms with Crippen LogP contribution in [-0.4, -0.2) is 34.7 Å². The van der Waals surface area contributed by atoms with Gasteiger partial charge in [0.1, 0.15) is 0 Å². The van der Waals surface area contributed by atoms with Gasteiger partial charge in [0.25, 0.3) is 0 Å². The van der Waals surface area contributed by atoms with Crippen molar-refractivity contribution < 1.29 is 4.52 Å². The standard InChI is InChI=1S/C18H24N4O/c1-2-13-3-5-14(6-4-13)16-11-19-9-10-22(16)12-17-20-18(23-21-17)15-7-8-15/h3-6,15-16,19H,2,7-12H2,1H3. The molecule has 0 bridgehead atoms. The van der Waals surface area contributed by atoms with Crippen LogP contribution in [0.25, 0.3) is 0 Å². The van der Waals surface area contributed by atoms with Crippen LogP contribution in [-0.2, 0) is 13.0 Å². The lowest BCUT2D eigenvalue weighted by Gasteiger charge is -2.35. The van der Waals surface area contributed by atoms with Crippen LogP contribution in [0.3, 0.4) is 0 Å². The summed E-state index contributed by atoms with van der Waals surface area (Å²) in [5.74, 6) is 2.18. The molecular formula is C18H24N4O. The normalized spacial score (nSPS) is 22.4. The fraction of sp³-hybridized carbons (Fsp3) is 0.556. The van der Waals surface area contributed by atoms with Gasteiger partial charge in [0.05, 0.1) is 6.54 Å². The van der Waals surface area contributed by atoms with E-state index in [-0.39, 0.29) is 0 Å². The van der Waals surface area contributed by atoms with E-state index in [2.05, 4.69) is 51.5 Å². The summed E-state index contributed by atoms with van der Waals surface area (Å²) in [5.41, 5.74) is 2.75. The number of aryl methyl sites for hydroxylation is 1. The van der Waals surface area contributed by atoms with E-state index < -0.39 is 0 Å². The van der Waals surface area contributed by atoms with Gasteiger partial charge in [-0.2, -0.15) is 4.98 Å². The molecule has 2 heterocycles. The summed E-state index contributed by atoms with van der Waals surface area (Å²) < 4.78 is 5.40. The molecule has 1 unspecified atom stereocenters. The van der Waals surface area contributed by atoms with Crippen LogP contribution in [0, 0.1) is 0 Å². The lowest BCUT2D eigenvalue weighted by molar-refractivity contribution is 0.148. The zero-order valence-corrected chi connectivity index (χ0v) is 13.7. The second-order valence-electron chi connectivity index (χ2n) is 6.61. The summed E-state index contributed by atoms with van der Waals surface area (Å²) in [6.07, 6.45) is 3.48. The molecule has 1 aliphatic heterocycles. The van der Waals surface area contributed by atoms with Crippen molar-refractivity contribution in [2.75, 3.05) is 19.6 Å². The van der Waals surface area contributed by atoms with E-state index in [9.17, 15) is 0 Å². The van der Waals surface area contributed by atoms with Crippen molar-refractivity contribution in [1.29, 1.82) is 0 Å². The second kappa shape index (κ2) is 6.42. The van der Waals surface area contributed by atoms with Gasteiger partial charge in [-0.15, -0.1) is 0 Å². The Morgan fingerprint density at radius 1 is 1.26 bits per heavy atom. The average Bonchev–Trinajstić information content (AvgIpc) is 3.35. The molecule has 1 saturated heterocycles. The maximum atomic E-state index is 5.40. The highest BCUT2D eigenvalue weighted by atomic mass is 16.5. The van der Waals surface area contributed by atoms with Gasteiger partial charge >= 0.3 is 0 Å². The largest absolute Gasteiger partial charge is 0.339 e. The Hall–Kier alpha value is -1.72. The van der Waals surface area contributed by atoms with Gasteiger partial charge in [-0.1, -0.05) is 36.3 Å². The first-order valence-corrected chi connectivity index (χ1v) is 8.69. The van der Waals surface area contributed by atoms with Crippen molar-refractivity contribution in [2.24, 2.45) is 0 Å². The zero-order valence-electron chi connectivity index (χ0n) is 13.7. The molecule has 2 aromatic rings. The van der Waals surface area contributed by atoms with Gasteiger partial charge in [0.2, 0.25) is 5.89 Å². The van der Waals surface area contributed by atoms with Crippen LogP contribution in [0.4, 0.5) is 0 Å². The van der Waals surface area contributed by atoms with Crippen molar-refractivity contribution in [3.8, 4) is 0 Å². The number of nitrogens with one attached hydrogen (secondary N) is 1. The number of hydrogen-bond acceptors (Lipinski definition) is 5. The molecule has 0 spiro atoms. The van der Waals surface area contributed by atoms with Crippen molar-refractivity contribution in [3.05, 3.63) is 47.1 Å². The maximum Gasteiger partial charge on any atom is 0.229 e. The van der Waals surface area contributed by atoms with Crippen molar-refractivity contribution >= 4 is 0 Å². The highest BCUT2D eigenvalue weighted by molar-refractivity contribution is 5.26. The Balaban J connectivity index is 1.49. The van der Waals surface area contributed by atoms with Crippen LogP contribution >= 0.6 is 0 Å². The lowest BCUT2D eigenvalue weighted by Crippen LogP contribution is -2.45. The third-order valence-corrected chi connectivity index (χ3v) is 4.88. The topological polar surface area (TPSA) is 54.2 Å². The predicted molar refractivity (Wildman–Crippen MR) is 88.1 cm³/mol. The van der Waals surface area contributed by atoms with Gasteiger partial charge in [-0.3, -0.25) is 4.90 Å². The summed E-state index contributed by atoms with van der Waals surface area (Å²) in [7, 11) is 0. The Morgan fingerprint density at radius 3 is 2.83 bits per heavy atom. The molecule has 2 aliphatic rings. The third kappa shape index (κ3) is 3.31. The zero-order chi connectivity index (χ0) is 15.6. The number of nitrogens with zero attached hydrogens (tertiary/aromatic N) is 3. The molecule has 5 heteroatoms. The van der Waals surface area contributed by atoms with Crippen LogP contribution < -0.4 is 5.32 Å². The van der Waals surface area contributed by atoms with E-state index in [0.717, 1.165) is 44.3 Å². The highest BCUT2D eigenvalue weighted by Gasteiger charge is 2.31. The van der Waals surface area contributed by atoms with Gasteiger partial charge in [-0.25, -0.2) is 0 Å². The lowest BCUT2D eigenvalue weighted by atomic mass is 10.0. The smallest absolute Gasteiger partial charge is 0.229 e. The molecule has 1 N–H and O–H groups in total. The predicted octanol–water partition coefficient (Wildman–Crippen LogP) is 2.66. The number of benzene rings is 1. The van der Waals surface area contributed by atoms with Gasteiger partial charge < -0.3 is 9.84 Å². The fourth-order valence-corrected chi connectivity index (χ4v) is 3.25. The number of rotatable bonds is 5. The SMILES string of the molecule is CCc1ccc(C2CNCCN2Cc2noc(C3CC3)n2)cc1. The van der Waals surface area contributed by atoms with E-state index in [1.807, 2.05) is 0 Å². The summed E-state index contributed by atoms with van der Waals surface area (Å²) in [5, 5.41) is 7.68. The van der Waals surface area contributed by atoms with E-state index in [1.165, 1.54) is 24.0 Å². The van der Waals surface area contributed by atoms with E-state index in [4.69, 9.17) is 4.52 Å². The number of hydrogen-bond donors (Lipinski definition) is 1. The van der Waals surface area contributed by atoms with Crippen molar-refractivity contribution in [2.45, 2.75) is 44.7 Å². The van der Waals surface area contributed by atoms with Crippen molar-refractivity contribution in [1.82, 2.24) is 20.4 Å². The van der Waals surface area contributed by atoms with Crippen LogP contribution in [0.15, 0.2) is 28.8 Å². The first-order valence-electron chi connectivity index (χ1n) is 8.69. The summed E-state index contributed by atoms with van der Waals surface area (Å²) in [6.45, 7) is 5.94. The average molecular weight is 312 g/mol. The quantitative estimate of drug-likeness (QED) is 0.920. The molecule has 4 rings (SSSR count). The van der Waals surface area contributed by atoms with E-state index in [0.29, 0.717) is 12.0 Å². The fourth-order valence-electron chi connectivity index (χ4n) is 3.25.